The molecule has 3 N–H and O–H groups in total. The van der Waals surface area contributed by atoms with E-state index in [0.29, 0.717) is 17.1 Å². The largest absolute Gasteiger partial charge is 0.493 e. The van der Waals surface area contributed by atoms with Crippen LogP contribution in [0.1, 0.15) is 23.2 Å². The van der Waals surface area contributed by atoms with Gasteiger partial charge in [0, 0.05) is 24.7 Å². The molecule has 2 rings (SSSR count). The fourth-order valence-electron chi connectivity index (χ4n) is 2.79. The number of nitrogens with one attached hydrogen (secondary N) is 1. The van der Waals surface area contributed by atoms with E-state index in [9.17, 15) is 9.59 Å². The van der Waals surface area contributed by atoms with Crippen molar-refractivity contribution < 1.29 is 19.1 Å². The predicted molar refractivity (Wildman–Crippen MR) is 85.7 cm³/mol. The highest BCUT2D eigenvalue weighted by atomic mass is 16.5. The molecule has 0 saturated carbocycles. The minimum absolute atomic E-state index is 0.0255. The number of hydrogen-bond acceptors (Lipinski definition) is 5. The fourth-order valence-corrected chi connectivity index (χ4v) is 2.79. The Labute approximate surface area is 135 Å². The van der Waals surface area contributed by atoms with Crippen LogP contribution >= 0.6 is 0 Å². The smallest absolute Gasteiger partial charge is 0.255 e. The van der Waals surface area contributed by atoms with Crippen LogP contribution in [-0.4, -0.2) is 56.6 Å². The van der Waals surface area contributed by atoms with E-state index < -0.39 is 5.91 Å². The Morgan fingerprint density at radius 3 is 2.83 bits per heavy atom. The maximum Gasteiger partial charge on any atom is 0.255 e. The zero-order valence-electron chi connectivity index (χ0n) is 13.5. The Morgan fingerprint density at radius 1 is 1.39 bits per heavy atom. The van der Waals surface area contributed by atoms with E-state index in [0.717, 1.165) is 25.9 Å². The third-order valence-corrected chi connectivity index (χ3v) is 3.86. The van der Waals surface area contributed by atoms with E-state index >= 15 is 0 Å². The van der Waals surface area contributed by atoms with Crippen molar-refractivity contribution in [1.29, 1.82) is 0 Å². The number of likely N-dealkylation sites (N-methyl/N-ethyl adjacent to an activating group) is 1. The average molecular weight is 321 g/mol. The monoisotopic (exact) mass is 321 g/mol. The van der Waals surface area contributed by atoms with Crippen LogP contribution in [0.2, 0.25) is 0 Å². The van der Waals surface area contributed by atoms with Crippen molar-refractivity contribution >= 4 is 11.8 Å². The molecule has 7 heteroatoms. The van der Waals surface area contributed by atoms with Crippen molar-refractivity contribution in [3.8, 4) is 11.5 Å². The van der Waals surface area contributed by atoms with Crippen molar-refractivity contribution in [1.82, 2.24) is 10.2 Å². The van der Waals surface area contributed by atoms with Gasteiger partial charge in [0.1, 0.15) is 0 Å². The molecule has 1 atom stereocenters. The van der Waals surface area contributed by atoms with Crippen LogP contribution in [-0.2, 0) is 4.79 Å². The first-order chi connectivity index (χ1) is 11.1. The summed E-state index contributed by atoms with van der Waals surface area (Å²) in [6.07, 6.45) is 2.01. The summed E-state index contributed by atoms with van der Waals surface area (Å²) in [6.45, 7) is 1.30. The number of nitrogens with two attached hydrogens (primary N) is 1. The van der Waals surface area contributed by atoms with Gasteiger partial charge >= 0.3 is 0 Å². The van der Waals surface area contributed by atoms with Crippen molar-refractivity contribution in [3.05, 3.63) is 23.8 Å². The Kier molecular flexibility index (Phi) is 5.81. The molecule has 1 saturated heterocycles. The number of ether oxygens (including phenoxy) is 2. The summed E-state index contributed by atoms with van der Waals surface area (Å²) in [5, 5.41) is 3.12. The zero-order chi connectivity index (χ0) is 16.8. The van der Waals surface area contributed by atoms with Gasteiger partial charge in [0.05, 0.1) is 7.11 Å². The first-order valence-electron chi connectivity index (χ1n) is 7.61. The number of amides is 2. The average Bonchev–Trinajstić information content (AvgIpc) is 3.00. The summed E-state index contributed by atoms with van der Waals surface area (Å²) in [4.78, 5) is 25.4. The minimum atomic E-state index is -0.570. The molecule has 1 aromatic carbocycles. The number of rotatable bonds is 7. The third-order valence-electron chi connectivity index (χ3n) is 3.86. The highest BCUT2D eigenvalue weighted by Gasteiger charge is 2.29. The van der Waals surface area contributed by atoms with E-state index in [1.807, 2.05) is 11.9 Å². The summed E-state index contributed by atoms with van der Waals surface area (Å²) < 4.78 is 10.5. The highest BCUT2D eigenvalue weighted by molar-refractivity contribution is 5.95. The molecule has 23 heavy (non-hydrogen) atoms. The van der Waals surface area contributed by atoms with Gasteiger partial charge in [-0.3, -0.25) is 9.59 Å². The lowest BCUT2D eigenvalue weighted by Crippen LogP contribution is -2.40. The normalized spacial score (nSPS) is 17.1. The first-order valence-corrected chi connectivity index (χ1v) is 7.61. The van der Waals surface area contributed by atoms with Crippen LogP contribution in [0, 0.1) is 0 Å². The van der Waals surface area contributed by atoms with Gasteiger partial charge in [-0.1, -0.05) is 0 Å². The van der Waals surface area contributed by atoms with Crippen LogP contribution in [0.5, 0.6) is 11.5 Å². The van der Waals surface area contributed by atoms with Crippen molar-refractivity contribution in [2.24, 2.45) is 5.73 Å². The van der Waals surface area contributed by atoms with Gasteiger partial charge in [-0.25, -0.2) is 0 Å². The molecule has 126 valence electrons. The van der Waals surface area contributed by atoms with Gasteiger partial charge in [-0.2, -0.15) is 0 Å². The Bertz CT molecular complexity index is 576. The quantitative estimate of drug-likeness (QED) is 0.757. The predicted octanol–water partition coefficient (Wildman–Crippen LogP) is 0.383. The van der Waals surface area contributed by atoms with E-state index in [1.54, 1.807) is 18.2 Å². The van der Waals surface area contributed by atoms with Crippen LogP contribution in [0.4, 0.5) is 0 Å². The van der Waals surface area contributed by atoms with E-state index in [4.69, 9.17) is 15.2 Å². The Hall–Kier alpha value is -2.28. The van der Waals surface area contributed by atoms with E-state index in [-0.39, 0.29) is 18.6 Å². The molecule has 0 radical (unpaired) electrons. The van der Waals surface area contributed by atoms with Crippen molar-refractivity contribution in [2.45, 2.75) is 18.9 Å². The Morgan fingerprint density at radius 2 is 2.17 bits per heavy atom. The van der Waals surface area contributed by atoms with Gasteiger partial charge < -0.3 is 25.4 Å². The first kappa shape index (κ1) is 17.1. The van der Waals surface area contributed by atoms with Crippen molar-refractivity contribution in [2.75, 3.05) is 33.9 Å². The molecule has 1 aromatic rings. The topological polar surface area (TPSA) is 93.9 Å². The van der Waals surface area contributed by atoms with Gasteiger partial charge in [0.15, 0.2) is 18.1 Å². The van der Waals surface area contributed by atoms with Crippen LogP contribution in [0.25, 0.3) is 0 Å². The number of methoxy groups -OCH3 is 1. The maximum atomic E-state index is 12.7. The maximum absolute atomic E-state index is 12.7. The molecular weight excluding hydrogens is 298 g/mol. The number of primary amides is 1. The fraction of sp³-hybridized carbons (Fsp3) is 0.500. The van der Waals surface area contributed by atoms with Crippen LogP contribution in [0.3, 0.4) is 0 Å². The molecule has 0 spiro atoms. The second-order valence-corrected chi connectivity index (χ2v) is 5.47. The molecule has 2 amide bonds. The number of likely N-dealkylation sites (tertiary alicyclic amines) is 1. The summed E-state index contributed by atoms with van der Waals surface area (Å²) in [5.74, 6) is 0.194. The standard InChI is InChI=1S/C16H23N3O4/c1-18-9-12-4-3-7-19(12)16(21)11-5-6-13(14(8-11)22-2)23-10-15(17)20/h5-6,8,12,18H,3-4,7,9-10H2,1-2H3,(H2,17,20)/t12-/m0/s1. The number of carbonyl (C=O) groups is 2. The van der Waals surface area contributed by atoms with E-state index in [1.165, 1.54) is 7.11 Å². The zero-order valence-corrected chi connectivity index (χ0v) is 13.5. The number of nitrogens with zero attached hydrogens (tertiary/aromatic N) is 1. The molecule has 1 heterocycles. The second-order valence-electron chi connectivity index (χ2n) is 5.47. The molecule has 0 aliphatic carbocycles. The van der Waals surface area contributed by atoms with Gasteiger partial charge in [0.2, 0.25) is 0 Å². The second kappa shape index (κ2) is 7.82. The molecule has 0 unspecified atom stereocenters. The third kappa shape index (κ3) is 4.13. The highest BCUT2D eigenvalue weighted by Crippen LogP contribution is 2.29. The SMILES string of the molecule is CNC[C@@H]1CCCN1C(=O)c1ccc(OCC(N)=O)c(OC)c1. The molecule has 1 aliphatic rings. The summed E-state index contributed by atoms with van der Waals surface area (Å²) in [6, 6.07) is 5.14. The van der Waals surface area contributed by atoms with E-state index in [2.05, 4.69) is 5.32 Å². The molecule has 0 bridgehead atoms. The molecule has 1 aliphatic heterocycles. The summed E-state index contributed by atoms with van der Waals surface area (Å²) in [5.41, 5.74) is 5.60. The lowest BCUT2D eigenvalue weighted by Gasteiger charge is -2.25. The number of hydrogen-bond donors (Lipinski definition) is 2. The summed E-state index contributed by atoms with van der Waals surface area (Å²) >= 11 is 0. The van der Waals surface area contributed by atoms with Crippen molar-refractivity contribution in [3.63, 3.8) is 0 Å². The van der Waals surface area contributed by atoms with Gasteiger partial charge in [-0.15, -0.1) is 0 Å². The van der Waals surface area contributed by atoms with Crippen LogP contribution < -0.4 is 20.5 Å². The van der Waals surface area contributed by atoms with Crippen LogP contribution in [0.15, 0.2) is 18.2 Å². The molecular formula is C16H23N3O4. The molecule has 7 nitrogen and oxygen atoms in total. The molecule has 1 fully saturated rings. The lowest BCUT2D eigenvalue weighted by atomic mass is 10.1. The van der Waals surface area contributed by atoms with Gasteiger partial charge in [-0.05, 0) is 38.1 Å². The Balaban J connectivity index is 2.16. The van der Waals surface area contributed by atoms with Gasteiger partial charge in [0.25, 0.3) is 11.8 Å². The number of benzene rings is 1. The minimum Gasteiger partial charge on any atom is -0.493 e. The summed E-state index contributed by atoms with van der Waals surface area (Å²) in [7, 11) is 3.37. The lowest BCUT2D eigenvalue weighted by molar-refractivity contribution is -0.119. The number of carbonyl (C=O) groups excluding carboxylic acids is 2. The molecule has 0 aromatic heterocycles.